The van der Waals surface area contributed by atoms with Crippen molar-refractivity contribution in [3.8, 4) is 0 Å². The van der Waals surface area contributed by atoms with Crippen LogP contribution in [0.1, 0.15) is 12.0 Å². The van der Waals surface area contributed by atoms with E-state index >= 15 is 0 Å². The molecule has 2 rings (SSSR count). The number of amides is 4. The van der Waals surface area contributed by atoms with E-state index in [4.69, 9.17) is 0 Å². The molecule has 0 aliphatic carbocycles. The molecule has 5 nitrogen and oxygen atoms in total. The number of hydrogen-bond donors (Lipinski definition) is 0. The molecule has 0 radical (unpaired) electrons. The summed E-state index contributed by atoms with van der Waals surface area (Å²) in [6.45, 7) is 0. The highest BCUT2D eigenvalue weighted by Gasteiger charge is 2.41. The van der Waals surface area contributed by atoms with Crippen LogP contribution in [0.15, 0.2) is 30.3 Å². The molecule has 1 aromatic rings. The summed E-state index contributed by atoms with van der Waals surface area (Å²) in [5.41, 5.74) is 1.07. The maximum Gasteiger partial charge on any atom is 0.332 e. The number of carbonyl (C=O) groups excluding carboxylic acids is 3. The molecule has 1 aliphatic heterocycles. The number of barbiturate groups is 1. The zero-order chi connectivity index (χ0) is 14.0. The Labute approximate surface area is 111 Å². The third-order valence-electron chi connectivity index (χ3n) is 3.40. The van der Waals surface area contributed by atoms with Crippen molar-refractivity contribution in [3.63, 3.8) is 0 Å². The third-order valence-corrected chi connectivity index (χ3v) is 3.40. The highest BCUT2D eigenvalue weighted by Crippen LogP contribution is 2.20. The molecule has 1 heterocycles. The standard InChI is InChI=1S/C14H16N2O3/c1-15-12(17)11(13(18)16(2)14(15)19)9-8-10-6-4-3-5-7-10/h3-7,11H,8-9H2,1-2H3. The summed E-state index contributed by atoms with van der Waals surface area (Å²) in [6.07, 6.45) is 1.06. The maximum absolute atomic E-state index is 12.0. The first kappa shape index (κ1) is 13.3. The Morgan fingerprint density at radius 3 is 2.00 bits per heavy atom. The lowest BCUT2D eigenvalue weighted by Crippen LogP contribution is -2.56. The summed E-state index contributed by atoms with van der Waals surface area (Å²) in [5, 5.41) is 0. The molecule has 1 saturated heterocycles. The van der Waals surface area contributed by atoms with Gasteiger partial charge in [-0.05, 0) is 18.4 Å². The average molecular weight is 260 g/mol. The topological polar surface area (TPSA) is 57.7 Å². The number of benzene rings is 1. The number of hydrogen-bond acceptors (Lipinski definition) is 3. The molecule has 1 aromatic carbocycles. The molecule has 19 heavy (non-hydrogen) atoms. The van der Waals surface area contributed by atoms with Crippen molar-refractivity contribution < 1.29 is 14.4 Å². The number of urea groups is 1. The average Bonchev–Trinajstić information content (AvgIpc) is 2.44. The lowest BCUT2D eigenvalue weighted by molar-refractivity contribution is -0.147. The molecular formula is C14H16N2O3. The highest BCUT2D eigenvalue weighted by molar-refractivity contribution is 6.15. The zero-order valence-electron chi connectivity index (χ0n) is 11.0. The molecule has 0 unspecified atom stereocenters. The number of carbonyl (C=O) groups is 3. The van der Waals surface area contributed by atoms with Crippen LogP contribution < -0.4 is 0 Å². The molecule has 4 amide bonds. The van der Waals surface area contributed by atoms with Crippen LogP contribution in [0.4, 0.5) is 4.79 Å². The van der Waals surface area contributed by atoms with Gasteiger partial charge in [0, 0.05) is 14.1 Å². The van der Waals surface area contributed by atoms with Crippen molar-refractivity contribution in [2.24, 2.45) is 5.92 Å². The molecule has 1 aliphatic rings. The fourth-order valence-corrected chi connectivity index (χ4v) is 2.19. The van der Waals surface area contributed by atoms with E-state index in [1.165, 1.54) is 14.1 Å². The second-order valence-electron chi connectivity index (χ2n) is 4.65. The lowest BCUT2D eigenvalue weighted by atomic mass is 9.95. The summed E-state index contributed by atoms with van der Waals surface area (Å²) in [5.74, 6) is -1.58. The van der Waals surface area contributed by atoms with Crippen molar-refractivity contribution in [2.45, 2.75) is 12.8 Å². The van der Waals surface area contributed by atoms with Crippen molar-refractivity contribution in [2.75, 3.05) is 14.1 Å². The van der Waals surface area contributed by atoms with Gasteiger partial charge in [-0.15, -0.1) is 0 Å². The molecule has 0 aromatic heterocycles. The van der Waals surface area contributed by atoms with Gasteiger partial charge in [-0.1, -0.05) is 30.3 Å². The van der Waals surface area contributed by atoms with E-state index in [-0.39, 0.29) is 0 Å². The fourth-order valence-electron chi connectivity index (χ4n) is 2.19. The minimum atomic E-state index is -0.757. The van der Waals surface area contributed by atoms with Crippen molar-refractivity contribution in [1.29, 1.82) is 0 Å². The predicted octanol–water partition coefficient (Wildman–Crippen LogP) is 1.29. The number of rotatable bonds is 3. The quantitative estimate of drug-likeness (QED) is 0.769. The Bertz CT molecular complexity index is 489. The molecule has 0 N–H and O–H groups in total. The van der Waals surface area contributed by atoms with Crippen molar-refractivity contribution in [1.82, 2.24) is 9.80 Å². The number of nitrogens with zero attached hydrogens (tertiary/aromatic N) is 2. The summed E-state index contributed by atoms with van der Waals surface area (Å²) in [7, 11) is 2.81. The van der Waals surface area contributed by atoms with Crippen LogP contribution in [-0.4, -0.2) is 41.7 Å². The Hall–Kier alpha value is -2.17. The van der Waals surface area contributed by atoms with Gasteiger partial charge in [-0.25, -0.2) is 4.79 Å². The van der Waals surface area contributed by atoms with Crippen LogP contribution in [0, 0.1) is 5.92 Å². The van der Waals surface area contributed by atoms with Gasteiger partial charge in [0.2, 0.25) is 11.8 Å². The maximum atomic E-state index is 12.0. The molecule has 5 heteroatoms. The van der Waals surface area contributed by atoms with Crippen molar-refractivity contribution in [3.05, 3.63) is 35.9 Å². The third kappa shape index (κ3) is 2.50. The van der Waals surface area contributed by atoms with Gasteiger partial charge in [0.05, 0.1) is 0 Å². The fraction of sp³-hybridized carbons (Fsp3) is 0.357. The second-order valence-corrected chi connectivity index (χ2v) is 4.65. The van der Waals surface area contributed by atoms with E-state index in [1.807, 2.05) is 30.3 Å². The van der Waals surface area contributed by atoms with Crippen LogP contribution in [-0.2, 0) is 16.0 Å². The Morgan fingerprint density at radius 1 is 0.947 bits per heavy atom. The smallest absolute Gasteiger partial charge is 0.273 e. The number of imide groups is 2. The first-order valence-electron chi connectivity index (χ1n) is 6.15. The van der Waals surface area contributed by atoms with Crippen LogP contribution in [0.3, 0.4) is 0 Å². The van der Waals surface area contributed by atoms with Gasteiger partial charge >= 0.3 is 6.03 Å². The SMILES string of the molecule is CN1C(=O)C(CCc2ccccc2)C(=O)N(C)C1=O. The number of aryl methyl sites for hydroxylation is 1. The molecule has 0 bridgehead atoms. The van der Waals surface area contributed by atoms with E-state index in [2.05, 4.69) is 0 Å². The van der Waals surface area contributed by atoms with Crippen molar-refractivity contribution >= 4 is 17.8 Å². The highest BCUT2D eigenvalue weighted by atomic mass is 16.2. The Morgan fingerprint density at radius 2 is 1.47 bits per heavy atom. The summed E-state index contributed by atoms with van der Waals surface area (Å²) in [6, 6.07) is 9.10. The molecule has 1 fully saturated rings. The van der Waals surface area contributed by atoms with E-state index in [0.29, 0.717) is 12.8 Å². The zero-order valence-corrected chi connectivity index (χ0v) is 11.0. The van der Waals surface area contributed by atoms with Crippen LogP contribution in [0.2, 0.25) is 0 Å². The predicted molar refractivity (Wildman–Crippen MR) is 69.2 cm³/mol. The van der Waals surface area contributed by atoms with Gasteiger partial charge in [0.15, 0.2) is 0 Å². The lowest BCUT2D eigenvalue weighted by Gasteiger charge is -2.32. The van der Waals surface area contributed by atoms with E-state index in [1.54, 1.807) is 0 Å². The van der Waals surface area contributed by atoms with Gasteiger partial charge in [-0.2, -0.15) is 0 Å². The van der Waals surface area contributed by atoms with E-state index in [0.717, 1.165) is 15.4 Å². The minimum absolute atomic E-state index is 0.413. The van der Waals surface area contributed by atoms with Crippen LogP contribution in [0.25, 0.3) is 0 Å². The molecule has 0 saturated carbocycles. The van der Waals surface area contributed by atoms with Crippen LogP contribution >= 0.6 is 0 Å². The van der Waals surface area contributed by atoms with Gasteiger partial charge in [0.25, 0.3) is 0 Å². The van der Waals surface area contributed by atoms with E-state index in [9.17, 15) is 14.4 Å². The Kier molecular flexibility index (Phi) is 3.64. The monoisotopic (exact) mass is 260 g/mol. The largest absolute Gasteiger partial charge is 0.332 e. The molecule has 0 spiro atoms. The Balaban J connectivity index is 2.09. The van der Waals surface area contributed by atoms with E-state index < -0.39 is 23.8 Å². The second kappa shape index (κ2) is 5.22. The first-order chi connectivity index (χ1) is 9.02. The summed E-state index contributed by atoms with van der Waals surface area (Å²) >= 11 is 0. The molecule has 100 valence electrons. The van der Waals surface area contributed by atoms with Gasteiger partial charge < -0.3 is 0 Å². The molecule has 0 atom stereocenters. The normalized spacial score (nSPS) is 17.3. The first-order valence-corrected chi connectivity index (χ1v) is 6.15. The summed E-state index contributed by atoms with van der Waals surface area (Å²) in [4.78, 5) is 37.5. The van der Waals surface area contributed by atoms with Crippen LogP contribution in [0.5, 0.6) is 0 Å². The van der Waals surface area contributed by atoms with Gasteiger partial charge in [0.1, 0.15) is 5.92 Å². The molecular weight excluding hydrogens is 244 g/mol. The minimum Gasteiger partial charge on any atom is -0.273 e. The summed E-state index contributed by atoms with van der Waals surface area (Å²) < 4.78 is 0. The van der Waals surface area contributed by atoms with Gasteiger partial charge in [-0.3, -0.25) is 19.4 Å².